The van der Waals surface area contributed by atoms with Gasteiger partial charge in [0.1, 0.15) is 10.2 Å². The first-order chi connectivity index (χ1) is 8.47. The van der Waals surface area contributed by atoms with Crippen molar-refractivity contribution in [2.24, 2.45) is 0 Å². The van der Waals surface area contributed by atoms with E-state index in [1.54, 1.807) is 12.1 Å². The van der Waals surface area contributed by atoms with Crippen LogP contribution in [0.2, 0.25) is 5.02 Å². The van der Waals surface area contributed by atoms with Gasteiger partial charge in [-0.1, -0.05) is 22.9 Å². The van der Waals surface area contributed by atoms with Crippen molar-refractivity contribution in [3.05, 3.63) is 17.2 Å². The van der Waals surface area contributed by atoms with E-state index in [1.807, 2.05) is 0 Å². The van der Waals surface area contributed by atoms with Crippen LogP contribution in [0.5, 0.6) is 10.9 Å². The summed E-state index contributed by atoms with van der Waals surface area (Å²) in [4.78, 5) is 15.1. The van der Waals surface area contributed by atoms with E-state index >= 15 is 0 Å². The molecule has 0 aliphatic carbocycles. The number of benzene rings is 1. The molecule has 1 aromatic carbocycles. The molecule has 5 nitrogen and oxygen atoms in total. The topological polar surface area (TPSA) is 68.7 Å². The highest BCUT2D eigenvalue weighted by Crippen LogP contribution is 2.38. The minimum Gasteiger partial charge on any atom is -0.441 e. The maximum Gasteiger partial charge on any atom is 0.308 e. The highest BCUT2D eigenvalue weighted by atomic mass is 35.5. The molecule has 0 bridgehead atoms. The SMILES string of the molecule is CC(=O)Oc1ccc(Cl)c2nc(OC(C)O)sc12. The van der Waals surface area contributed by atoms with Crippen LogP contribution >= 0.6 is 22.9 Å². The highest BCUT2D eigenvalue weighted by molar-refractivity contribution is 7.20. The second-order valence-corrected chi connectivity index (χ2v) is 4.88. The molecule has 1 heterocycles. The van der Waals surface area contributed by atoms with Crippen molar-refractivity contribution >= 4 is 39.1 Å². The Morgan fingerprint density at radius 3 is 2.89 bits per heavy atom. The number of aliphatic hydroxyl groups excluding tert-OH is 1. The molecule has 0 radical (unpaired) electrons. The van der Waals surface area contributed by atoms with Gasteiger partial charge in [0.15, 0.2) is 12.0 Å². The molecule has 0 saturated heterocycles. The summed E-state index contributed by atoms with van der Waals surface area (Å²) in [6.45, 7) is 2.79. The van der Waals surface area contributed by atoms with Crippen molar-refractivity contribution in [3.8, 4) is 10.9 Å². The number of thiazole rings is 1. The monoisotopic (exact) mass is 287 g/mol. The number of hydrogen-bond donors (Lipinski definition) is 1. The molecule has 1 aromatic heterocycles. The Hall–Kier alpha value is -1.37. The van der Waals surface area contributed by atoms with Gasteiger partial charge in [-0.2, -0.15) is 0 Å². The Balaban J connectivity index is 2.50. The maximum absolute atomic E-state index is 11.0. The Kier molecular flexibility index (Phi) is 3.70. The summed E-state index contributed by atoms with van der Waals surface area (Å²) in [5, 5.41) is 9.83. The van der Waals surface area contributed by atoms with Crippen molar-refractivity contribution in [1.82, 2.24) is 4.98 Å². The molecule has 0 aliphatic rings. The summed E-state index contributed by atoms with van der Waals surface area (Å²) in [6.07, 6.45) is -0.971. The lowest BCUT2D eigenvalue weighted by molar-refractivity contribution is -0.131. The fourth-order valence-corrected chi connectivity index (χ4v) is 2.58. The Morgan fingerprint density at radius 2 is 2.28 bits per heavy atom. The highest BCUT2D eigenvalue weighted by Gasteiger charge is 2.15. The molecule has 96 valence electrons. The van der Waals surface area contributed by atoms with Crippen LogP contribution in [0.3, 0.4) is 0 Å². The van der Waals surface area contributed by atoms with Gasteiger partial charge in [-0.3, -0.25) is 4.79 Å². The van der Waals surface area contributed by atoms with Crippen molar-refractivity contribution in [2.45, 2.75) is 20.1 Å². The number of carbonyl (C=O) groups is 1. The first-order valence-electron chi connectivity index (χ1n) is 5.09. The van der Waals surface area contributed by atoms with Crippen LogP contribution < -0.4 is 9.47 Å². The fraction of sp³-hybridized carbons (Fsp3) is 0.273. The van der Waals surface area contributed by atoms with Gasteiger partial charge < -0.3 is 14.6 Å². The number of halogens is 1. The van der Waals surface area contributed by atoms with Crippen molar-refractivity contribution < 1.29 is 19.4 Å². The fourth-order valence-electron chi connectivity index (χ4n) is 1.36. The van der Waals surface area contributed by atoms with Gasteiger partial charge in [0.2, 0.25) is 0 Å². The molecule has 0 amide bonds. The van der Waals surface area contributed by atoms with Crippen LogP contribution in [-0.4, -0.2) is 22.3 Å². The van der Waals surface area contributed by atoms with E-state index in [2.05, 4.69) is 4.98 Å². The summed E-state index contributed by atoms with van der Waals surface area (Å²) in [6, 6.07) is 3.18. The van der Waals surface area contributed by atoms with Crippen molar-refractivity contribution in [3.63, 3.8) is 0 Å². The first kappa shape index (κ1) is 13.1. The number of hydrogen-bond acceptors (Lipinski definition) is 6. The van der Waals surface area contributed by atoms with Crippen LogP contribution in [0.25, 0.3) is 10.2 Å². The minimum atomic E-state index is -0.971. The lowest BCUT2D eigenvalue weighted by Gasteiger charge is -2.02. The van der Waals surface area contributed by atoms with Crippen LogP contribution in [0.4, 0.5) is 0 Å². The van der Waals surface area contributed by atoms with Crippen LogP contribution in [0.15, 0.2) is 12.1 Å². The number of nitrogens with zero attached hydrogens (tertiary/aromatic N) is 1. The summed E-state index contributed by atoms with van der Waals surface area (Å²) in [7, 11) is 0. The average molecular weight is 288 g/mol. The van der Waals surface area contributed by atoms with E-state index in [-0.39, 0.29) is 5.19 Å². The molecule has 18 heavy (non-hydrogen) atoms. The molecule has 2 rings (SSSR count). The zero-order valence-corrected chi connectivity index (χ0v) is 11.2. The molecule has 0 saturated carbocycles. The molecule has 7 heteroatoms. The molecule has 1 N–H and O–H groups in total. The number of aliphatic hydroxyl groups is 1. The maximum atomic E-state index is 11.0. The molecular weight excluding hydrogens is 278 g/mol. The lowest BCUT2D eigenvalue weighted by Crippen LogP contribution is -2.08. The molecule has 0 spiro atoms. The molecule has 1 atom stereocenters. The van der Waals surface area contributed by atoms with E-state index in [1.165, 1.54) is 13.8 Å². The average Bonchev–Trinajstić information content (AvgIpc) is 2.65. The molecular formula is C11H10ClNO4S. The molecule has 2 aromatic rings. The third-order valence-electron chi connectivity index (χ3n) is 1.96. The predicted octanol–water partition coefficient (Wildman–Crippen LogP) is 2.59. The Bertz CT molecular complexity index is 596. The Labute approximate surface area is 112 Å². The smallest absolute Gasteiger partial charge is 0.308 e. The summed E-state index contributed by atoms with van der Waals surface area (Å²) < 4.78 is 10.7. The number of esters is 1. The zero-order valence-electron chi connectivity index (χ0n) is 9.64. The lowest BCUT2D eigenvalue weighted by atomic mass is 10.3. The number of carbonyl (C=O) groups excluding carboxylic acids is 1. The number of ether oxygens (including phenoxy) is 2. The van der Waals surface area contributed by atoms with Gasteiger partial charge in [-0.25, -0.2) is 4.98 Å². The van der Waals surface area contributed by atoms with Crippen LogP contribution in [0.1, 0.15) is 13.8 Å². The minimum absolute atomic E-state index is 0.265. The standard InChI is InChI=1S/C11H10ClNO4S/c1-5(14)16-8-4-3-7(12)9-10(8)18-11(13-9)17-6(2)15/h3-4,6,15H,1-2H3. The van der Waals surface area contributed by atoms with Gasteiger partial charge in [-0.05, 0) is 19.1 Å². The van der Waals surface area contributed by atoms with Gasteiger partial charge in [0, 0.05) is 6.92 Å². The van der Waals surface area contributed by atoms with E-state index in [0.29, 0.717) is 21.0 Å². The number of fused-ring (bicyclic) bond motifs is 1. The van der Waals surface area contributed by atoms with Crippen molar-refractivity contribution in [1.29, 1.82) is 0 Å². The summed E-state index contributed by atoms with van der Waals surface area (Å²) >= 11 is 7.15. The number of aromatic nitrogens is 1. The Morgan fingerprint density at radius 1 is 1.56 bits per heavy atom. The third-order valence-corrected chi connectivity index (χ3v) is 3.23. The molecule has 1 unspecified atom stereocenters. The van der Waals surface area contributed by atoms with E-state index < -0.39 is 12.3 Å². The van der Waals surface area contributed by atoms with Gasteiger partial charge in [0.25, 0.3) is 5.19 Å². The summed E-state index contributed by atoms with van der Waals surface area (Å²) in [5.41, 5.74) is 0.482. The second kappa shape index (κ2) is 5.09. The largest absolute Gasteiger partial charge is 0.441 e. The normalized spacial score (nSPS) is 12.4. The van der Waals surface area contributed by atoms with E-state index in [9.17, 15) is 4.79 Å². The number of rotatable bonds is 3. The zero-order chi connectivity index (χ0) is 13.3. The predicted molar refractivity (Wildman–Crippen MR) is 68.2 cm³/mol. The molecule has 0 fully saturated rings. The van der Waals surface area contributed by atoms with Crippen molar-refractivity contribution in [2.75, 3.05) is 0 Å². The third kappa shape index (κ3) is 2.72. The molecule has 0 aliphatic heterocycles. The van der Waals surface area contributed by atoms with E-state index in [4.69, 9.17) is 26.2 Å². The van der Waals surface area contributed by atoms with Gasteiger partial charge >= 0.3 is 5.97 Å². The quantitative estimate of drug-likeness (QED) is 0.534. The van der Waals surface area contributed by atoms with E-state index in [0.717, 1.165) is 11.3 Å². The van der Waals surface area contributed by atoms with Crippen LogP contribution in [0, 0.1) is 0 Å². The van der Waals surface area contributed by atoms with Crippen LogP contribution in [-0.2, 0) is 4.79 Å². The second-order valence-electron chi connectivity index (χ2n) is 3.51. The van der Waals surface area contributed by atoms with Gasteiger partial charge in [-0.15, -0.1) is 0 Å². The first-order valence-corrected chi connectivity index (χ1v) is 6.29. The van der Waals surface area contributed by atoms with Gasteiger partial charge in [0.05, 0.1) is 5.02 Å². The summed E-state index contributed by atoms with van der Waals surface area (Å²) in [5.74, 6) is -0.0511.